The number of nitrogens with zero attached hydrogens (tertiary/aromatic N) is 2. The third-order valence-electron chi connectivity index (χ3n) is 12.9. The first-order valence-corrected chi connectivity index (χ1v) is 21.5. The summed E-state index contributed by atoms with van der Waals surface area (Å²) in [6.45, 7) is 4.43. The van der Waals surface area contributed by atoms with Crippen LogP contribution in [0.3, 0.4) is 0 Å². The third-order valence-corrected chi connectivity index (χ3v) is 15.0. The van der Waals surface area contributed by atoms with Gasteiger partial charge >= 0.3 is 6.18 Å². The number of benzene rings is 1. The van der Waals surface area contributed by atoms with E-state index in [1.807, 2.05) is 6.08 Å². The fraction of sp³-hybridized carbons (Fsp3) is 0.659. The Morgan fingerprint density at radius 3 is 2.55 bits per heavy atom. The molecule has 3 amide bonds. The normalized spacial score (nSPS) is 30.5. The number of hydrogen-bond acceptors (Lipinski definition) is 9. The van der Waals surface area contributed by atoms with Crippen LogP contribution in [0.2, 0.25) is 0 Å². The summed E-state index contributed by atoms with van der Waals surface area (Å²) in [7, 11) is -2.58. The first-order chi connectivity index (χ1) is 27.1. The molecule has 0 bridgehead atoms. The summed E-state index contributed by atoms with van der Waals surface area (Å²) in [5.41, 5.74) is -4.35. The molecule has 0 radical (unpaired) electrons. The van der Waals surface area contributed by atoms with E-state index >= 15 is 4.39 Å². The van der Waals surface area contributed by atoms with Crippen molar-refractivity contribution in [3.8, 4) is 11.5 Å². The molecule has 12 nitrogen and oxygen atoms in total. The maximum absolute atomic E-state index is 16.8. The van der Waals surface area contributed by atoms with Crippen molar-refractivity contribution < 1.29 is 54.6 Å². The number of aromatic nitrogens is 1. The van der Waals surface area contributed by atoms with Crippen molar-refractivity contribution in [2.45, 2.75) is 138 Å². The standard InChI is InChI=1S/C41H52F4N4O8S/c1-24-33-32(28-19-27(55-5)13-14-30(28)46-24)29(42)21-39(57-33)22-31-34(50)47-40(36(52)48-58(53,54)38(4)16-17-38)20-26(40)12-10-8-6-7-9-11-25(35(51)49(31)23-39)15-18-56-37(2,3)41(43,44)45/h10,12-14,19,25-26,29,31H,6-9,11,15-18,20-23H2,1-5H3,(H,47,50)(H,48,52)/b12-10-/t25-,26-,29-,31+,39-,40-/m1/s1. The number of methoxy groups -OCH3 is 1. The van der Waals surface area contributed by atoms with Gasteiger partial charge in [0.2, 0.25) is 21.8 Å². The van der Waals surface area contributed by atoms with Gasteiger partial charge in [-0.25, -0.2) is 17.8 Å². The molecule has 1 aromatic heterocycles. The average molecular weight is 837 g/mol. The number of carbonyl (C=O) groups excluding carboxylic acids is 3. The predicted octanol–water partition coefficient (Wildman–Crippen LogP) is 6.44. The lowest BCUT2D eigenvalue weighted by atomic mass is 9.86. The molecule has 17 heteroatoms. The number of alkyl halides is 4. The Hall–Kier alpha value is -3.99. The van der Waals surface area contributed by atoms with E-state index < -0.39 is 86.1 Å². The van der Waals surface area contributed by atoms with Crippen LogP contribution in [0.15, 0.2) is 30.4 Å². The van der Waals surface area contributed by atoms with Gasteiger partial charge in [-0.3, -0.25) is 19.1 Å². The molecule has 318 valence electrons. The zero-order valence-electron chi connectivity index (χ0n) is 33.5. The minimum absolute atomic E-state index is 0.0760. The monoisotopic (exact) mass is 836 g/mol. The highest BCUT2D eigenvalue weighted by Gasteiger charge is 2.64. The Morgan fingerprint density at radius 1 is 1.12 bits per heavy atom. The van der Waals surface area contributed by atoms with E-state index in [0.717, 1.165) is 13.8 Å². The van der Waals surface area contributed by atoms with E-state index in [9.17, 15) is 36.0 Å². The largest absolute Gasteiger partial charge is 0.497 e. The number of aryl methyl sites for hydroxylation is 1. The molecular weight excluding hydrogens is 785 g/mol. The molecular formula is C41H52F4N4O8S. The smallest absolute Gasteiger partial charge is 0.416 e. The van der Waals surface area contributed by atoms with Crippen molar-refractivity contribution in [3.05, 3.63) is 41.6 Å². The maximum atomic E-state index is 16.8. The van der Waals surface area contributed by atoms with Crippen molar-refractivity contribution in [2.75, 3.05) is 20.3 Å². The number of fused-ring (bicyclic) bond motifs is 5. The first-order valence-electron chi connectivity index (χ1n) is 20.0. The molecule has 2 N–H and O–H groups in total. The number of amides is 3. The molecule has 4 heterocycles. The van der Waals surface area contributed by atoms with Crippen LogP contribution < -0.4 is 19.5 Å². The molecule has 3 fully saturated rings. The zero-order chi connectivity index (χ0) is 42.1. The highest BCUT2D eigenvalue weighted by molar-refractivity contribution is 7.91. The molecule has 6 atom stereocenters. The molecule has 1 aromatic carbocycles. The van der Waals surface area contributed by atoms with Gasteiger partial charge < -0.3 is 24.4 Å². The second kappa shape index (κ2) is 14.9. The van der Waals surface area contributed by atoms with Gasteiger partial charge in [0.05, 0.1) is 29.6 Å². The molecule has 7 rings (SSSR count). The Kier molecular flexibility index (Phi) is 10.8. The molecule has 5 aliphatic rings. The summed E-state index contributed by atoms with van der Waals surface area (Å²) in [4.78, 5) is 49.3. The van der Waals surface area contributed by atoms with Gasteiger partial charge in [0.1, 0.15) is 34.9 Å². The van der Waals surface area contributed by atoms with E-state index in [2.05, 4.69) is 15.0 Å². The van der Waals surface area contributed by atoms with Crippen LogP contribution >= 0.6 is 0 Å². The van der Waals surface area contributed by atoms with Crippen molar-refractivity contribution in [3.63, 3.8) is 0 Å². The van der Waals surface area contributed by atoms with E-state index in [-0.39, 0.29) is 43.5 Å². The summed E-state index contributed by atoms with van der Waals surface area (Å²) in [6, 6.07) is 3.80. The first kappa shape index (κ1) is 42.1. The van der Waals surface area contributed by atoms with Crippen molar-refractivity contribution in [1.29, 1.82) is 0 Å². The Morgan fingerprint density at radius 2 is 1.86 bits per heavy atom. The molecule has 1 spiro atoms. The lowest BCUT2D eigenvalue weighted by Gasteiger charge is -2.38. The van der Waals surface area contributed by atoms with Crippen LogP contribution in [0.1, 0.15) is 109 Å². The van der Waals surface area contributed by atoms with Crippen LogP contribution in [-0.4, -0.2) is 90.0 Å². The number of nitrogens with one attached hydrogen (secondary N) is 2. The quantitative estimate of drug-likeness (QED) is 0.226. The SMILES string of the molecule is COc1ccc2nc(C)c3c(c2c1)[C@H](F)C[C@]1(C[C@H]2C(=O)N[C@]4(C(=O)NS(=O)(=O)C5(C)CC5)C[C@H]4/C=C\CCCCC[C@H](CCOC(C)(C)C(F)(F)F)C(=O)N2C1)O3. The van der Waals surface area contributed by atoms with Gasteiger partial charge in [-0.15, -0.1) is 0 Å². The lowest BCUT2D eigenvalue weighted by molar-refractivity contribution is -0.264. The average Bonchev–Trinajstić information content (AvgIpc) is 4.04. The van der Waals surface area contributed by atoms with Gasteiger partial charge in [-0.05, 0) is 90.8 Å². The number of sulfonamides is 1. The van der Waals surface area contributed by atoms with Gasteiger partial charge in [0, 0.05) is 42.2 Å². The van der Waals surface area contributed by atoms with Gasteiger partial charge in [0.25, 0.3) is 5.91 Å². The van der Waals surface area contributed by atoms with E-state index in [1.54, 1.807) is 38.1 Å². The third kappa shape index (κ3) is 7.77. The maximum Gasteiger partial charge on any atom is 0.416 e. The topological polar surface area (TPSA) is 153 Å². The number of pyridine rings is 1. The van der Waals surface area contributed by atoms with Crippen molar-refractivity contribution >= 4 is 38.6 Å². The summed E-state index contributed by atoms with van der Waals surface area (Å²) in [6.07, 6.45) is 0.693. The van der Waals surface area contributed by atoms with Crippen molar-refractivity contribution in [2.24, 2.45) is 11.8 Å². The second-order valence-electron chi connectivity index (χ2n) is 17.5. The lowest BCUT2D eigenvalue weighted by Crippen LogP contribution is -2.57. The summed E-state index contributed by atoms with van der Waals surface area (Å²) in [5.74, 6) is -2.89. The number of hydrogen-bond donors (Lipinski definition) is 2. The van der Waals surface area contributed by atoms with Gasteiger partial charge in [-0.1, -0.05) is 25.0 Å². The second-order valence-corrected chi connectivity index (χ2v) is 19.7. The van der Waals surface area contributed by atoms with E-state index in [4.69, 9.17) is 14.2 Å². The van der Waals surface area contributed by atoms with Crippen LogP contribution in [0, 0.1) is 18.8 Å². The number of rotatable bonds is 8. The highest BCUT2D eigenvalue weighted by atomic mass is 32.2. The molecule has 2 saturated carbocycles. The molecule has 0 unspecified atom stereocenters. The molecule has 3 aliphatic heterocycles. The van der Waals surface area contributed by atoms with Crippen LogP contribution in [-0.2, 0) is 29.1 Å². The van der Waals surface area contributed by atoms with Crippen LogP contribution in [0.4, 0.5) is 17.6 Å². The van der Waals surface area contributed by atoms with Gasteiger partial charge in [0.15, 0.2) is 5.60 Å². The minimum Gasteiger partial charge on any atom is -0.497 e. The molecule has 1 saturated heterocycles. The Labute approximate surface area is 335 Å². The van der Waals surface area contributed by atoms with E-state index in [1.165, 1.54) is 12.0 Å². The Balaban J connectivity index is 1.24. The zero-order valence-corrected chi connectivity index (χ0v) is 34.3. The number of carbonyl (C=O) groups is 3. The molecule has 2 aliphatic carbocycles. The molecule has 58 heavy (non-hydrogen) atoms. The number of allylic oxidation sites excluding steroid dienone is 1. The number of halogens is 4. The van der Waals surface area contributed by atoms with Crippen molar-refractivity contribution in [1.82, 2.24) is 19.9 Å². The molecule has 2 aromatic rings. The summed E-state index contributed by atoms with van der Waals surface area (Å²) < 4.78 is 103. The summed E-state index contributed by atoms with van der Waals surface area (Å²) >= 11 is 0. The van der Waals surface area contributed by atoms with Gasteiger partial charge in [-0.2, -0.15) is 13.2 Å². The fourth-order valence-corrected chi connectivity index (χ4v) is 9.90. The van der Waals surface area contributed by atoms with Crippen LogP contribution in [0.5, 0.6) is 11.5 Å². The van der Waals surface area contributed by atoms with Crippen LogP contribution in [0.25, 0.3) is 10.9 Å². The fourth-order valence-electron chi connectivity index (χ4n) is 8.59. The highest BCUT2D eigenvalue weighted by Crippen LogP contribution is 2.52. The van der Waals surface area contributed by atoms with E-state index in [0.29, 0.717) is 67.3 Å². The Bertz CT molecular complexity index is 2130. The number of ether oxygens (including phenoxy) is 3. The summed E-state index contributed by atoms with van der Waals surface area (Å²) in [5, 5.41) is 3.32. The predicted molar refractivity (Wildman–Crippen MR) is 205 cm³/mol. The minimum atomic E-state index is -4.66.